The first kappa shape index (κ1) is 9.76. The number of benzene rings is 1. The van der Waals surface area contributed by atoms with E-state index in [2.05, 4.69) is 10.9 Å². The average Bonchev–Trinajstić information content (AvgIpc) is 2.84. The highest BCUT2D eigenvalue weighted by atomic mass is 35.5. The minimum atomic E-state index is -4.36. The van der Waals surface area contributed by atoms with Crippen LogP contribution in [-0.2, 0) is 5.66 Å². The average molecular weight is 223 g/mol. The molecule has 14 heavy (non-hydrogen) atoms. The van der Waals surface area contributed by atoms with Gasteiger partial charge >= 0.3 is 6.18 Å². The number of nitrogens with one attached hydrogen (secondary N) is 2. The maximum Gasteiger partial charge on any atom is 0.426 e. The van der Waals surface area contributed by atoms with Gasteiger partial charge in [0.15, 0.2) is 0 Å². The van der Waals surface area contributed by atoms with Crippen molar-refractivity contribution in [3.8, 4) is 0 Å². The molecule has 76 valence electrons. The maximum atomic E-state index is 12.5. The number of hydrogen-bond donors (Lipinski definition) is 2. The predicted molar refractivity (Wildman–Crippen MR) is 45.5 cm³/mol. The fraction of sp³-hybridized carbons (Fsp3) is 0.250. The zero-order valence-corrected chi connectivity index (χ0v) is 7.58. The molecular weight excluding hydrogens is 217 g/mol. The third kappa shape index (κ3) is 1.37. The van der Waals surface area contributed by atoms with Gasteiger partial charge in [-0.3, -0.25) is 0 Å². The molecule has 1 heterocycles. The first-order chi connectivity index (χ1) is 6.46. The van der Waals surface area contributed by atoms with Crippen molar-refractivity contribution in [2.75, 3.05) is 0 Å². The smallest absolute Gasteiger partial charge is 0.223 e. The van der Waals surface area contributed by atoms with E-state index in [-0.39, 0.29) is 5.56 Å². The fourth-order valence-corrected chi connectivity index (χ4v) is 1.34. The maximum absolute atomic E-state index is 12.5. The van der Waals surface area contributed by atoms with E-state index in [0.29, 0.717) is 5.02 Å². The predicted octanol–water partition coefficient (Wildman–Crippen LogP) is 2.16. The molecule has 2 N–H and O–H groups in total. The Hall–Kier alpha value is -0.780. The van der Waals surface area contributed by atoms with Gasteiger partial charge in [-0.15, -0.1) is 0 Å². The highest BCUT2D eigenvalue weighted by Crippen LogP contribution is 2.42. The molecule has 1 aromatic carbocycles. The highest BCUT2D eigenvalue weighted by Gasteiger charge is 2.65. The first-order valence-electron chi connectivity index (χ1n) is 3.83. The summed E-state index contributed by atoms with van der Waals surface area (Å²) in [4.78, 5) is 0. The number of hydrogen-bond acceptors (Lipinski definition) is 2. The number of halogens is 4. The summed E-state index contributed by atoms with van der Waals surface area (Å²) in [6, 6.07) is 5.52. The lowest BCUT2D eigenvalue weighted by atomic mass is 10.0. The molecule has 1 aromatic rings. The number of rotatable bonds is 1. The molecule has 0 amide bonds. The summed E-state index contributed by atoms with van der Waals surface area (Å²) in [6.45, 7) is 0. The number of hydrazine groups is 1. The summed E-state index contributed by atoms with van der Waals surface area (Å²) in [6.07, 6.45) is -4.36. The van der Waals surface area contributed by atoms with Gasteiger partial charge in [-0.25, -0.2) is 10.9 Å². The molecule has 0 spiro atoms. The van der Waals surface area contributed by atoms with Gasteiger partial charge in [0.05, 0.1) is 0 Å². The van der Waals surface area contributed by atoms with E-state index in [4.69, 9.17) is 11.6 Å². The van der Waals surface area contributed by atoms with Gasteiger partial charge < -0.3 is 0 Å². The van der Waals surface area contributed by atoms with Crippen LogP contribution >= 0.6 is 11.6 Å². The van der Waals surface area contributed by atoms with E-state index in [1.165, 1.54) is 24.3 Å². The Morgan fingerprint density at radius 1 is 1.07 bits per heavy atom. The lowest BCUT2D eigenvalue weighted by Gasteiger charge is -2.15. The van der Waals surface area contributed by atoms with Gasteiger partial charge in [-0.1, -0.05) is 23.7 Å². The monoisotopic (exact) mass is 222 g/mol. The van der Waals surface area contributed by atoms with Crippen LogP contribution in [0.25, 0.3) is 0 Å². The molecule has 6 heteroatoms. The zero-order valence-electron chi connectivity index (χ0n) is 6.82. The Bertz CT molecular complexity index is 343. The highest BCUT2D eigenvalue weighted by molar-refractivity contribution is 6.30. The summed E-state index contributed by atoms with van der Waals surface area (Å²) in [5.74, 6) is 0. The Morgan fingerprint density at radius 3 is 1.93 bits per heavy atom. The minimum Gasteiger partial charge on any atom is -0.223 e. The largest absolute Gasteiger partial charge is 0.426 e. The van der Waals surface area contributed by atoms with Crippen LogP contribution in [0.4, 0.5) is 13.2 Å². The third-order valence-corrected chi connectivity index (χ3v) is 2.33. The topological polar surface area (TPSA) is 43.9 Å². The normalized spacial score (nSPS) is 19.4. The molecule has 0 saturated carbocycles. The molecule has 2 nitrogen and oxygen atoms in total. The molecule has 1 aliphatic rings. The quantitative estimate of drug-likeness (QED) is 0.716. The van der Waals surface area contributed by atoms with Crippen LogP contribution in [0, 0.1) is 0 Å². The van der Waals surface area contributed by atoms with Crippen molar-refractivity contribution in [2.24, 2.45) is 0 Å². The van der Waals surface area contributed by atoms with Crippen LogP contribution in [-0.4, -0.2) is 6.18 Å². The second kappa shape index (κ2) is 2.85. The zero-order chi connectivity index (χ0) is 10.4. The van der Waals surface area contributed by atoms with E-state index in [0.717, 1.165) is 0 Å². The third-order valence-electron chi connectivity index (χ3n) is 2.08. The molecule has 0 unspecified atom stereocenters. The molecule has 1 fully saturated rings. The van der Waals surface area contributed by atoms with Crippen molar-refractivity contribution < 1.29 is 13.2 Å². The van der Waals surface area contributed by atoms with Crippen LogP contribution < -0.4 is 10.9 Å². The van der Waals surface area contributed by atoms with Gasteiger partial charge in [-0.2, -0.15) is 13.2 Å². The molecule has 0 aromatic heterocycles. The van der Waals surface area contributed by atoms with Crippen LogP contribution in [0.3, 0.4) is 0 Å². The summed E-state index contributed by atoms with van der Waals surface area (Å²) in [5.41, 5.74) is 2.23. The Labute approximate surface area is 83.0 Å². The number of alkyl halides is 3. The molecule has 0 atom stereocenters. The van der Waals surface area contributed by atoms with Gasteiger partial charge in [0, 0.05) is 5.02 Å². The lowest BCUT2D eigenvalue weighted by molar-refractivity contribution is -0.165. The van der Waals surface area contributed by atoms with Crippen molar-refractivity contribution >= 4 is 11.6 Å². The van der Waals surface area contributed by atoms with Gasteiger partial charge in [0.25, 0.3) is 0 Å². The summed E-state index contributed by atoms with van der Waals surface area (Å²) < 4.78 is 37.6. The molecule has 0 aliphatic carbocycles. The van der Waals surface area contributed by atoms with E-state index in [9.17, 15) is 13.2 Å². The van der Waals surface area contributed by atoms with E-state index in [1.54, 1.807) is 0 Å². The van der Waals surface area contributed by atoms with Crippen LogP contribution in [0.15, 0.2) is 24.3 Å². The second-order valence-corrected chi connectivity index (χ2v) is 3.44. The molecular formula is C8H6ClF3N2. The fourth-order valence-electron chi connectivity index (χ4n) is 1.21. The van der Waals surface area contributed by atoms with E-state index >= 15 is 0 Å². The van der Waals surface area contributed by atoms with E-state index < -0.39 is 11.8 Å². The summed E-state index contributed by atoms with van der Waals surface area (Å²) in [5, 5.41) is 0.409. The van der Waals surface area contributed by atoms with E-state index in [1.807, 2.05) is 0 Å². The summed E-state index contributed by atoms with van der Waals surface area (Å²) in [7, 11) is 0. The first-order valence-corrected chi connectivity index (χ1v) is 4.21. The van der Waals surface area contributed by atoms with Crippen LogP contribution in [0.1, 0.15) is 5.56 Å². The van der Waals surface area contributed by atoms with Crippen molar-refractivity contribution in [1.82, 2.24) is 10.9 Å². The second-order valence-electron chi connectivity index (χ2n) is 3.00. The van der Waals surface area contributed by atoms with Crippen LogP contribution in [0.5, 0.6) is 0 Å². The SMILES string of the molecule is FC(F)(F)C1(c2ccc(Cl)cc2)NN1. The van der Waals surface area contributed by atoms with Crippen molar-refractivity contribution in [2.45, 2.75) is 11.8 Å². The Balaban J connectivity index is 2.36. The Kier molecular flexibility index (Phi) is 1.99. The molecule has 2 rings (SSSR count). The van der Waals surface area contributed by atoms with Gasteiger partial charge in [0.1, 0.15) is 0 Å². The van der Waals surface area contributed by atoms with Gasteiger partial charge in [-0.05, 0) is 17.7 Å². The van der Waals surface area contributed by atoms with Crippen molar-refractivity contribution in [3.05, 3.63) is 34.9 Å². The van der Waals surface area contributed by atoms with Crippen molar-refractivity contribution in [1.29, 1.82) is 0 Å². The minimum absolute atomic E-state index is 0.106. The summed E-state index contributed by atoms with van der Waals surface area (Å²) >= 11 is 5.57. The molecule has 1 saturated heterocycles. The molecule has 1 aliphatic heterocycles. The Morgan fingerprint density at radius 2 is 1.57 bits per heavy atom. The van der Waals surface area contributed by atoms with Crippen molar-refractivity contribution in [3.63, 3.8) is 0 Å². The standard InChI is InChI=1S/C8H6ClF3N2/c9-6-3-1-5(2-4-6)7(13-14-7)8(10,11)12/h1-4,13-14H. The molecule has 0 bridgehead atoms. The lowest BCUT2D eigenvalue weighted by Crippen LogP contribution is -2.34. The van der Waals surface area contributed by atoms with Gasteiger partial charge in [0.2, 0.25) is 5.66 Å². The molecule has 0 radical (unpaired) electrons. The van der Waals surface area contributed by atoms with Crippen LogP contribution in [0.2, 0.25) is 5.02 Å².